The smallest absolute Gasteiger partial charge is 0.160 e. The topological polar surface area (TPSA) is 38.7 Å². The molecule has 0 N–H and O–H groups in total. The van der Waals surface area contributed by atoms with Crippen molar-refractivity contribution in [2.24, 2.45) is 0 Å². The molecule has 1 aliphatic carbocycles. The van der Waals surface area contributed by atoms with Crippen LogP contribution in [-0.2, 0) is 5.41 Å². The summed E-state index contributed by atoms with van der Waals surface area (Å²) in [6.45, 7) is 0. The molecule has 0 atom stereocenters. The van der Waals surface area contributed by atoms with E-state index < -0.39 is 5.41 Å². The van der Waals surface area contributed by atoms with Crippen LogP contribution >= 0.6 is 11.8 Å². The van der Waals surface area contributed by atoms with Gasteiger partial charge in [0.2, 0.25) is 0 Å². The molecule has 4 heteroatoms. The van der Waals surface area contributed by atoms with Gasteiger partial charge < -0.3 is 0 Å². The van der Waals surface area contributed by atoms with Gasteiger partial charge in [-0.3, -0.25) is 0 Å². The predicted molar refractivity (Wildman–Crippen MR) is 263 cm³/mol. The maximum atomic E-state index is 5.44. The van der Waals surface area contributed by atoms with E-state index in [9.17, 15) is 0 Å². The summed E-state index contributed by atoms with van der Waals surface area (Å²) >= 11 is 1.87. The molecule has 0 saturated carbocycles. The lowest BCUT2D eigenvalue weighted by molar-refractivity contribution is 0.724. The van der Waals surface area contributed by atoms with E-state index in [0.717, 1.165) is 61.2 Å². The zero-order chi connectivity index (χ0) is 42.2. The molecule has 9 aromatic carbocycles. The molecule has 0 saturated heterocycles. The van der Waals surface area contributed by atoms with E-state index in [1.54, 1.807) is 0 Å². The van der Waals surface area contributed by atoms with Crippen molar-refractivity contribution >= 4 is 33.4 Å². The van der Waals surface area contributed by atoms with Crippen LogP contribution in [0.5, 0.6) is 0 Å². The number of aromatic nitrogens is 3. The fourth-order valence-electron chi connectivity index (χ4n) is 10.3. The van der Waals surface area contributed by atoms with Crippen LogP contribution in [0.3, 0.4) is 0 Å². The average Bonchev–Trinajstić information content (AvgIpc) is 3.66. The lowest BCUT2D eigenvalue weighted by atomic mass is 9.67. The van der Waals surface area contributed by atoms with Crippen molar-refractivity contribution in [1.29, 1.82) is 0 Å². The number of hydrogen-bond donors (Lipinski definition) is 0. The van der Waals surface area contributed by atoms with Gasteiger partial charge in [-0.1, -0.05) is 200 Å². The summed E-state index contributed by atoms with van der Waals surface area (Å²) in [5.74, 6) is 0.693. The average molecular weight is 832 g/mol. The predicted octanol–water partition coefficient (Wildman–Crippen LogP) is 15.3. The van der Waals surface area contributed by atoms with Gasteiger partial charge in [-0.25, -0.2) is 15.0 Å². The van der Waals surface area contributed by atoms with Crippen LogP contribution in [0.2, 0.25) is 0 Å². The van der Waals surface area contributed by atoms with E-state index in [1.165, 1.54) is 54.1 Å². The number of pyridine rings is 1. The number of rotatable bonds is 5. The molecule has 2 aliphatic rings. The molecule has 1 spiro atoms. The van der Waals surface area contributed by atoms with Crippen LogP contribution in [0.4, 0.5) is 0 Å². The summed E-state index contributed by atoms with van der Waals surface area (Å²) in [5, 5.41) is 3.49. The van der Waals surface area contributed by atoms with Gasteiger partial charge in [-0.2, -0.15) is 0 Å². The Morgan fingerprint density at radius 3 is 1.64 bits per heavy atom. The molecule has 3 nitrogen and oxygen atoms in total. The summed E-state index contributed by atoms with van der Waals surface area (Å²) < 4.78 is 0. The van der Waals surface area contributed by atoms with Gasteiger partial charge in [-0.05, 0) is 86.3 Å². The molecule has 1 aliphatic heterocycles. The fraction of sp³-hybridized carbons (Fsp3) is 0.0167. The maximum absolute atomic E-state index is 5.44. The van der Waals surface area contributed by atoms with Crippen LogP contribution < -0.4 is 0 Å². The Labute approximate surface area is 375 Å². The molecule has 13 rings (SSSR count). The second-order valence-corrected chi connectivity index (χ2v) is 17.7. The van der Waals surface area contributed by atoms with E-state index in [2.05, 4.69) is 206 Å². The number of hydrogen-bond acceptors (Lipinski definition) is 4. The summed E-state index contributed by atoms with van der Waals surface area (Å²) in [7, 11) is 0. The Hall–Kier alpha value is -7.92. The van der Waals surface area contributed by atoms with Crippen LogP contribution in [0, 0.1) is 0 Å². The zero-order valence-corrected chi connectivity index (χ0v) is 35.4. The minimum absolute atomic E-state index is 0.456. The summed E-state index contributed by atoms with van der Waals surface area (Å²) in [6.07, 6.45) is 0. The first kappa shape index (κ1) is 36.7. The van der Waals surface area contributed by atoms with Gasteiger partial charge >= 0.3 is 0 Å². The van der Waals surface area contributed by atoms with Crippen molar-refractivity contribution in [1.82, 2.24) is 15.0 Å². The van der Waals surface area contributed by atoms with Crippen molar-refractivity contribution in [2.75, 3.05) is 0 Å². The standard InChI is InChI=1S/C60H37N3S/c1-3-16-38(17-4-1)42-20-15-21-43(34-42)55-37-54(62-59(63-55)41-18-5-2-6-19-41)39-30-32-40(33-31-39)58-48-36-57-52(35-47(48)46-24-9-13-28-53(46)61-58)60(51-27-12-14-29-56(51)64-57)49-25-10-7-22-44(49)45-23-8-11-26-50(45)60/h1-37H. The lowest BCUT2D eigenvalue weighted by Gasteiger charge is -2.40. The first-order chi connectivity index (χ1) is 31.7. The first-order valence-corrected chi connectivity index (χ1v) is 22.6. The Morgan fingerprint density at radius 1 is 0.312 bits per heavy atom. The molecule has 3 heterocycles. The molecule has 298 valence electrons. The molecule has 0 amide bonds. The minimum atomic E-state index is -0.456. The van der Waals surface area contributed by atoms with Gasteiger partial charge in [0, 0.05) is 42.8 Å². The zero-order valence-electron chi connectivity index (χ0n) is 34.6. The number of benzene rings is 9. The number of fused-ring (bicyclic) bond motifs is 12. The van der Waals surface area contributed by atoms with E-state index in [-0.39, 0.29) is 0 Å². The monoisotopic (exact) mass is 831 g/mol. The third-order valence-corrected chi connectivity index (χ3v) is 14.3. The van der Waals surface area contributed by atoms with Crippen LogP contribution in [0.15, 0.2) is 234 Å². The van der Waals surface area contributed by atoms with Crippen LogP contribution in [0.1, 0.15) is 22.3 Å². The molecule has 0 unspecified atom stereocenters. The minimum Gasteiger partial charge on any atom is -0.247 e. The van der Waals surface area contributed by atoms with Gasteiger partial charge in [0.1, 0.15) is 0 Å². The lowest BCUT2D eigenvalue weighted by Crippen LogP contribution is -2.32. The largest absolute Gasteiger partial charge is 0.247 e. The van der Waals surface area contributed by atoms with Crippen LogP contribution in [-0.4, -0.2) is 15.0 Å². The number of nitrogens with zero attached hydrogens (tertiary/aromatic N) is 3. The normalized spacial score (nSPS) is 13.1. The van der Waals surface area contributed by atoms with Crippen molar-refractivity contribution in [3.05, 3.63) is 247 Å². The highest BCUT2D eigenvalue weighted by atomic mass is 32.2. The molecule has 0 radical (unpaired) electrons. The van der Waals surface area contributed by atoms with Crippen molar-refractivity contribution in [2.45, 2.75) is 15.2 Å². The third kappa shape index (κ3) is 5.66. The molecular weight excluding hydrogens is 795 g/mol. The third-order valence-electron chi connectivity index (χ3n) is 13.1. The highest BCUT2D eigenvalue weighted by molar-refractivity contribution is 7.99. The Kier molecular flexibility index (Phi) is 8.37. The van der Waals surface area contributed by atoms with Crippen molar-refractivity contribution in [3.63, 3.8) is 0 Å². The summed E-state index contributed by atoms with van der Waals surface area (Å²) in [4.78, 5) is 18.3. The second-order valence-electron chi connectivity index (χ2n) is 16.7. The SMILES string of the molecule is c1ccc(-c2cccc(-c3cc(-c4ccc(-c5nc6ccccc6c6cc7c(cc56)Sc5ccccc5C75c6ccccc6-c6ccccc65)cc4)nc(-c4ccccc4)n3)c2)cc1. The molecule has 64 heavy (non-hydrogen) atoms. The van der Waals surface area contributed by atoms with Gasteiger partial charge in [0.05, 0.1) is 28.0 Å². The fourth-order valence-corrected chi connectivity index (χ4v) is 11.5. The first-order valence-electron chi connectivity index (χ1n) is 21.8. The van der Waals surface area contributed by atoms with E-state index in [0.29, 0.717) is 5.82 Å². The van der Waals surface area contributed by atoms with Crippen LogP contribution in [0.25, 0.3) is 89.1 Å². The van der Waals surface area contributed by atoms with Gasteiger partial charge in [0.25, 0.3) is 0 Å². The molecule has 2 aromatic heterocycles. The van der Waals surface area contributed by atoms with E-state index in [4.69, 9.17) is 15.0 Å². The Bertz CT molecular complexity index is 3590. The molecular formula is C60H37N3S. The molecule has 0 bridgehead atoms. The van der Waals surface area contributed by atoms with E-state index in [1.807, 2.05) is 30.0 Å². The highest BCUT2D eigenvalue weighted by Gasteiger charge is 2.50. The van der Waals surface area contributed by atoms with E-state index >= 15 is 0 Å². The molecule has 0 fully saturated rings. The van der Waals surface area contributed by atoms with Gasteiger partial charge in [0.15, 0.2) is 5.82 Å². The molecule has 11 aromatic rings. The number of para-hydroxylation sites is 1. The maximum Gasteiger partial charge on any atom is 0.160 e. The van der Waals surface area contributed by atoms with Gasteiger partial charge in [-0.15, -0.1) is 0 Å². The quantitative estimate of drug-likeness (QED) is 0.162. The summed E-state index contributed by atoms with van der Waals surface area (Å²) in [6, 6.07) is 80.8. The second kappa shape index (κ2) is 14.6. The Morgan fingerprint density at radius 2 is 0.891 bits per heavy atom. The Balaban J connectivity index is 0.978. The summed E-state index contributed by atoms with van der Waals surface area (Å²) in [5.41, 5.74) is 17.6. The van der Waals surface area contributed by atoms with Crippen molar-refractivity contribution < 1.29 is 0 Å². The van der Waals surface area contributed by atoms with Crippen molar-refractivity contribution in [3.8, 4) is 67.4 Å². The highest BCUT2D eigenvalue weighted by Crippen LogP contribution is 2.62.